The van der Waals surface area contributed by atoms with E-state index in [2.05, 4.69) is 64.6 Å². The molecule has 1 aliphatic carbocycles. The second-order valence-electron chi connectivity index (χ2n) is 5.61. The third-order valence-electron chi connectivity index (χ3n) is 4.14. The fourth-order valence-electron chi connectivity index (χ4n) is 2.79. The van der Waals surface area contributed by atoms with E-state index in [0.717, 1.165) is 16.9 Å². The van der Waals surface area contributed by atoms with E-state index in [9.17, 15) is 0 Å². The highest BCUT2D eigenvalue weighted by Crippen LogP contribution is 2.38. The van der Waals surface area contributed by atoms with Gasteiger partial charge in [-0.2, -0.15) is 0 Å². The van der Waals surface area contributed by atoms with Crippen LogP contribution in [-0.2, 0) is 6.54 Å². The highest BCUT2D eigenvalue weighted by Gasteiger charge is 2.28. The number of thiophene rings is 1. The van der Waals surface area contributed by atoms with E-state index in [0.29, 0.717) is 6.04 Å². The topological polar surface area (TPSA) is 12.0 Å². The number of aryl methyl sites for hydroxylation is 1. The van der Waals surface area contributed by atoms with Crippen molar-refractivity contribution < 1.29 is 0 Å². The summed E-state index contributed by atoms with van der Waals surface area (Å²) in [6.45, 7) is 3.15. The van der Waals surface area contributed by atoms with Crippen LogP contribution >= 0.6 is 27.3 Å². The molecule has 1 aromatic carbocycles. The van der Waals surface area contributed by atoms with E-state index < -0.39 is 0 Å². The van der Waals surface area contributed by atoms with Gasteiger partial charge in [-0.05, 0) is 55.5 Å². The summed E-state index contributed by atoms with van der Waals surface area (Å²) in [5, 5.41) is 3.78. The van der Waals surface area contributed by atoms with Gasteiger partial charge < -0.3 is 5.32 Å². The minimum atomic E-state index is 0.499. The van der Waals surface area contributed by atoms with E-state index in [1.54, 1.807) is 0 Å². The Morgan fingerprint density at radius 3 is 2.50 bits per heavy atom. The molecule has 1 unspecified atom stereocenters. The zero-order valence-electron chi connectivity index (χ0n) is 11.7. The van der Waals surface area contributed by atoms with E-state index in [-0.39, 0.29) is 0 Å². The smallest absolute Gasteiger partial charge is 0.0351 e. The van der Waals surface area contributed by atoms with Crippen LogP contribution < -0.4 is 5.32 Å². The van der Waals surface area contributed by atoms with Crippen LogP contribution in [0, 0.1) is 12.8 Å². The van der Waals surface area contributed by atoms with Gasteiger partial charge in [0, 0.05) is 26.8 Å². The van der Waals surface area contributed by atoms with Crippen molar-refractivity contribution in [3.05, 3.63) is 56.2 Å². The number of hydrogen-bond acceptors (Lipinski definition) is 2. The highest BCUT2D eigenvalue weighted by molar-refractivity contribution is 9.10. The maximum absolute atomic E-state index is 3.78. The van der Waals surface area contributed by atoms with Gasteiger partial charge >= 0.3 is 0 Å². The summed E-state index contributed by atoms with van der Waals surface area (Å²) < 4.78 is 1.16. The Kier molecular flexibility index (Phi) is 4.59. The van der Waals surface area contributed by atoms with Crippen LogP contribution in [0.2, 0.25) is 0 Å². The van der Waals surface area contributed by atoms with Crippen molar-refractivity contribution in [1.82, 2.24) is 5.32 Å². The molecule has 0 spiro atoms. The molecule has 3 rings (SSSR count). The van der Waals surface area contributed by atoms with Crippen LogP contribution in [0.4, 0.5) is 0 Å². The Hall–Kier alpha value is -0.640. The number of benzene rings is 1. The van der Waals surface area contributed by atoms with E-state index in [1.807, 2.05) is 11.3 Å². The molecule has 0 radical (unpaired) electrons. The van der Waals surface area contributed by atoms with Crippen molar-refractivity contribution in [3.63, 3.8) is 0 Å². The molecular formula is C17H20BrNS. The Bertz CT molecular complexity index is 557. The lowest BCUT2D eigenvalue weighted by atomic mass is 9.77. The molecule has 1 nitrogen and oxygen atoms in total. The fraction of sp³-hybridized carbons (Fsp3) is 0.412. The minimum absolute atomic E-state index is 0.499. The molecular weight excluding hydrogens is 330 g/mol. The zero-order valence-corrected chi connectivity index (χ0v) is 14.1. The Morgan fingerprint density at radius 2 is 1.95 bits per heavy atom. The molecule has 0 aliphatic heterocycles. The van der Waals surface area contributed by atoms with Crippen molar-refractivity contribution in [3.8, 4) is 0 Å². The lowest BCUT2D eigenvalue weighted by molar-refractivity contribution is 0.230. The van der Waals surface area contributed by atoms with E-state index in [4.69, 9.17) is 0 Å². The quantitative estimate of drug-likeness (QED) is 0.756. The second-order valence-corrected chi connectivity index (χ2v) is 7.90. The SMILES string of the molecule is Cc1ccc(CNC(c2ccc(Br)cc2)C2CCC2)s1. The van der Waals surface area contributed by atoms with Gasteiger partial charge in [-0.15, -0.1) is 11.3 Å². The van der Waals surface area contributed by atoms with Crippen molar-refractivity contribution >= 4 is 27.3 Å². The maximum atomic E-state index is 3.78. The summed E-state index contributed by atoms with van der Waals surface area (Å²) in [6.07, 6.45) is 4.10. The van der Waals surface area contributed by atoms with Crippen molar-refractivity contribution in [2.45, 2.75) is 38.8 Å². The highest BCUT2D eigenvalue weighted by atomic mass is 79.9. The third-order valence-corrected chi connectivity index (χ3v) is 5.67. The molecule has 0 saturated heterocycles. The minimum Gasteiger partial charge on any atom is -0.305 e. The van der Waals surface area contributed by atoms with E-state index >= 15 is 0 Å². The maximum Gasteiger partial charge on any atom is 0.0351 e. The molecule has 20 heavy (non-hydrogen) atoms. The van der Waals surface area contributed by atoms with Crippen LogP contribution in [-0.4, -0.2) is 0 Å². The first-order chi connectivity index (χ1) is 9.72. The Labute approximate surface area is 133 Å². The van der Waals surface area contributed by atoms with Crippen molar-refractivity contribution in [2.24, 2.45) is 5.92 Å². The first-order valence-electron chi connectivity index (χ1n) is 7.26. The summed E-state index contributed by atoms with van der Waals surface area (Å²) in [4.78, 5) is 2.83. The molecule has 1 N–H and O–H groups in total. The van der Waals surface area contributed by atoms with Crippen LogP contribution in [0.25, 0.3) is 0 Å². The molecule has 1 fully saturated rings. The predicted octanol–water partition coefficient (Wildman–Crippen LogP) is 5.45. The molecule has 2 aromatic rings. The first-order valence-corrected chi connectivity index (χ1v) is 8.87. The summed E-state index contributed by atoms with van der Waals surface area (Å²) in [5.74, 6) is 0.803. The summed E-state index contributed by atoms with van der Waals surface area (Å²) in [5.41, 5.74) is 1.42. The number of rotatable bonds is 5. The molecule has 1 saturated carbocycles. The fourth-order valence-corrected chi connectivity index (χ4v) is 3.90. The standard InChI is InChI=1S/C17H20BrNS/c1-12-5-10-16(20-12)11-19-17(13-3-2-4-13)14-6-8-15(18)9-7-14/h5-10,13,17,19H,2-4,11H2,1H3. The van der Waals surface area contributed by atoms with Crippen LogP contribution in [0.15, 0.2) is 40.9 Å². The predicted molar refractivity (Wildman–Crippen MR) is 90.1 cm³/mol. The third kappa shape index (κ3) is 3.33. The molecule has 0 amide bonds. The van der Waals surface area contributed by atoms with Crippen LogP contribution in [0.5, 0.6) is 0 Å². The number of hydrogen-bond donors (Lipinski definition) is 1. The lowest BCUT2D eigenvalue weighted by Crippen LogP contribution is -2.31. The molecule has 1 atom stereocenters. The van der Waals surface area contributed by atoms with Crippen molar-refractivity contribution in [1.29, 1.82) is 0 Å². The van der Waals surface area contributed by atoms with Gasteiger partial charge in [0.1, 0.15) is 0 Å². The average Bonchev–Trinajstić information content (AvgIpc) is 2.79. The summed E-state index contributed by atoms with van der Waals surface area (Å²) >= 11 is 5.42. The molecule has 1 heterocycles. The Balaban J connectivity index is 1.71. The number of halogens is 1. The Morgan fingerprint density at radius 1 is 1.20 bits per heavy atom. The lowest BCUT2D eigenvalue weighted by Gasteiger charge is -2.35. The van der Waals surface area contributed by atoms with Gasteiger partial charge in [0.15, 0.2) is 0 Å². The molecule has 1 aliphatic rings. The van der Waals surface area contributed by atoms with Crippen LogP contribution in [0.1, 0.15) is 40.6 Å². The molecule has 1 aromatic heterocycles. The first kappa shape index (κ1) is 14.3. The van der Waals surface area contributed by atoms with Gasteiger partial charge in [-0.3, -0.25) is 0 Å². The summed E-state index contributed by atoms with van der Waals surface area (Å²) in [6, 6.07) is 13.8. The van der Waals surface area contributed by atoms with Crippen molar-refractivity contribution in [2.75, 3.05) is 0 Å². The second kappa shape index (κ2) is 6.42. The van der Waals surface area contributed by atoms with Gasteiger partial charge in [0.2, 0.25) is 0 Å². The zero-order chi connectivity index (χ0) is 13.9. The van der Waals surface area contributed by atoms with Crippen LogP contribution in [0.3, 0.4) is 0 Å². The van der Waals surface area contributed by atoms with Gasteiger partial charge in [0.25, 0.3) is 0 Å². The number of nitrogens with one attached hydrogen (secondary N) is 1. The molecule has 106 valence electrons. The molecule has 3 heteroatoms. The largest absolute Gasteiger partial charge is 0.305 e. The summed E-state index contributed by atoms with van der Waals surface area (Å²) in [7, 11) is 0. The van der Waals surface area contributed by atoms with Gasteiger partial charge in [0.05, 0.1) is 0 Å². The molecule has 0 bridgehead atoms. The van der Waals surface area contributed by atoms with E-state index in [1.165, 1.54) is 34.6 Å². The monoisotopic (exact) mass is 349 g/mol. The van der Waals surface area contributed by atoms with Gasteiger partial charge in [-0.25, -0.2) is 0 Å². The van der Waals surface area contributed by atoms with Gasteiger partial charge in [-0.1, -0.05) is 34.5 Å². The normalized spacial score (nSPS) is 16.9. The average molecular weight is 350 g/mol.